The van der Waals surface area contributed by atoms with Crippen LogP contribution in [-0.4, -0.2) is 13.7 Å². The molecule has 3 fully saturated rings. The molecule has 0 aromatic heterocycles. The summed E-state index contributed by atoms with van der Waals surface area (Å²) in [5, 5.41) is -1.34. The minimum Gasteiger partial charge on any atom is -0.449 e. The van der Waals surface area contributed by atoms with Crippen LogP contribution in [0.3, 0.4) is 0 Å². The highest BCUT2D eigenvalue weighted by Gasteiger charge is 2.73. The maximum Gasteiger partial charge on any atom is 0.484 e. The second kappa shape index (κ2) is 1.99. The van der Waals surface area contributed by atoms with Crippen molar-refractivity contribution in [1.29, 1.82) is 0 Å². The zero-order chi connectivity index (χ0) is 9.04. The molecule has 0 aromatic rings. The van der Waals surface area contributed by atoms with E-state index in [1.165, 1.54) is 0 Å². The molecule has 0 atom stereocenters. The molecule has 0 amide bonds. The summed E-state index contributed by atoms with van der Waals surface area (Å²) in [5.41, 5.74) is -0.244. The van der Waals surface area contributed by atoms with E-state index >= 15 is 0 Å². The third-order valence-electron chi connectivity index (χ3n) is 3.50. The molecule has 3 saturated carbocycles. The van der Waals surface area contributed by atoms with Crippen LogP contribution < -0.4 is 0 Å². The van der Waals surface area contributed by atoms with Gasteiger partial charge in [-0.25, -0.2) is 0 Å². The zero-order valence-corrected chi connectivity index (χ0v) is 6.62. The Kier molecular flexibility index (Phi) is 1.39. The van der Waals surface area contributed by atoms with Crippen LogP contribution in [0, 0.1) is 5.41 Å². The average molecular weight is 181 g/mol. The first-order valence-corrected chi connectivity index (χ1v) is 4.19. The van der Waals surface area contributed by atoms with Crippen molar-refractivity contribution in [2.45, 2.75) is 31.0 Å². The van der Waals surface area contributed by atoms with Crippen molar-refractivity contribution in [2.75, 3.05) is 6.67 Å². The van der Waals surface area contributed by atoms with E-state index in [0.29, 0.717) is 6.42 Å². The molecule has 0 spiro atoms. The van der Waals surface area contributed by atoms with Crippen LogP contribution in [0.4, 0.5) is 17.3 Å². The van der Waals surface area contributed by atoms with Crippen molar-refractivity contribution >= 4 is 6.98 Å². The third-order valence-corrected chi connectivity index (χ3v) is 3.50. The Bertz CT molecular complexity index is 190. The van der Waals surface area contributed by atoms with Crippen LogP contribution in [-0.2, 0) is 0 Å². The van der Waals surface area contributed by atoms with Crippen molar-refractivity contribution in [2.24, 2.45) is 5.41 Å². The summed E-state index contributed by atoms with van der Waals surface area (Å²) in [5.74, 6) is 0. The van der Waals surface area contributed by atoms with E-state index in [-0.39, 0.29) is 24.7 Å². The Morgan fingerprint density at radius 2 is 1.58 bits per heavy atom. The van der Waals surface area contributed by atoms with Crippen molar-refractivity contribution in [3.05, 3.63) is 0 Å². The number of rotatable bonds is 3. The van der Waals surface area contributed by atoms with Gasteiger partial charge < -0.3 is 12.9 Å². The normalized spacial score (nSPS) is 45.0. The fraction of sp³-hybridized carbons (Fsp3) is 1.00. The summed E-state index contributed by atoms with van der Waals surface area (Å²) in [6.45, 7) is -5.14. The van der Waals surface area contributed by atoms with Gasteiger partial charge in [0.2, 0.25) is 0 Å². The van der Waals surface area contributed by atoms with Gasteiger partial charge in [-0.05, 0) is 11.8 Å². The summed E-state index contributed by atoms with van der Waals surface area (Å²) in [6, 6.07) is 0. The average Bonchev–Trinajstić information content (AvgIpc) is 1.70. The fourth-order valence-electron chi connectivity index (χ4n) is 2.90. The lowest BCUT2D eigenvalue weighted by Crippen LogP contribution is -2.65. The maximum absolute atomic E-state index is 12.3. The molecule has 2 bridgehead atoms. The van der Waals surface area contributed by atoms with Gasteiger partial charge >= 0.3 is 6.98 Å². The van der Waals surface area contributed by atoms with Gasteiger partial charge in [-0.3, -0.25) is 4.39 Å². The van der Waals surface area contributed by atoms with Crippen LogP contribution >= 0.6 is 0 Å². The molecule has 3 aliphatic rings. The number of hydrogen-bond acceptors (Lipinski definition) is 0. The molecule has 0 unspecified atom stereocenters. The summed E-state index contributed by atoms with van der Waals surface area (Å²) in [6.07, 6.45) is 0.940. The predicted molar refractivity (Wildman–Crippen MR) is 38.6 cm³/mol. The van der Waals surface area contributed by atoms with Gasteiger partial charge in [0.1, 0.15) is 0 Å². The maximum atomic E-state index is 12.3. The highest BCUT2D eigenvalue weighted by molar-refractivity contribution is 6.63. The lowest BCUT2D eigenvalue weighted by molar-refractivity contribution is -0.121. The van der Waals surface area contributed by atoms with Gasteiger partial charge in [-0.15, -0.1) is 0 Å². The van der Waals surface area contributed by atoms with Crippen molar-refractivity contribution in [1.82, 2.24) is 0 Å². The van der Waals surface area contributed by atoms with E-state index in [2.05, 4.69) is 0 Å². The largest absolute Gasteiger partial charge is 0.484 e. The number of hydrogen-bond donors (Lipinski definition) is 0. The standard InChI is InChI=1S/C7H10BF4/c9-2-1-6-3-7(4-6,5-6)8(10,11)12/h1-5H2/q-1. The summed E-state index contributed by atoms with van der Waals surface area (Å²) >= 11 is 0. The second-order valence-corrected chi connectivity index (χ2v) is 4.41. The molecule has 0 N–H and O–H groups in total. The summed E-state index contributed by atoms with van der Waals surface area (Å²) < 4.78 is 48.8. The minimum absolute atomic E-state index is 0.202. The molecule has 0 saturated heterocycles. The SMILES string of the molecule is FCCC12CC([B-](F)(F)F)(C1)C2. The lowest BCUT2D eigenvalue weighted by Gasteiger charge is -2.75. The molecule has 0 radical (unpaired) electrons. The smallest absolute Gasteiger partial charge is 0.449 e. The summed E-state index contributed by atoms with van der Waals surface area (Å²) in [7, 11) is 0. The predicted octanol–water partition coefficient (Wildman–Crippen LogP) is 3.12. The zero-order valence-electron chi connectivity index (χ0n) is 6.62. The molecule has 12 heavy (non-hydrogen) atoms. The van der Waals surface area contributed by atoms with Gasteiger partial charge in [0.25, 0.3) is 0 Å². The monoisotopic (exact) mass is 181 g/mol. The van der Waals surface area contributed by atoms with Gasteiger partial charge in [0.15, 0.2) is 0 Å². The first-order chi connectivity index (χ1) is 5.43. The molecule has 70 valence electrons. The van der Waals surface area contributed by atoms with Crippen LogP contribution in [0.25, 0.3) is 0 Å². The second-order valence-electron chi connectivity index (χ2n) is 4.41. The van der Waals surface area contributed by atoms with Crippen molar-refractivity contribution < 1.29 is 17.3 Å². The van der Waals surface area contributed by atoms with Crippen molar-refractivity contribution in [3.63, 3.8) is 0 Å². The van der Waals surface area contributed by atoms with E-state index in [9.17, 15) is 17.3 Å². The number of alkyl halides is 1. The lowest BCUT2D eigenvalue weighted by atomic mass is 9.24. The van der Waals surface area contributed by atoms with Crippen LogP contribution in [0.1, 0.15) is 25.7 Å². The van der Waals surface area contributed by atoms with E-state index in [1.54, 1.807) is 0 Å². The topological polar surface area (TPSA) is 0 Å². The molecule has 0 nitrogen and oxygen atoms in total. The van der Waals surface area contributed by atoms with E-state index in [4.69, 9.17) is 0 Å². The molecule has 3 rings (SSSR count). The Hall–Kier alpha value is -0.215. The highest BCUT2D eigenvalue weighted by atomic mass is 19.4. The van der Waals surface area contributed by atoms with Crippen LogP contribution in [0.15, 0.2) is 0 Å². The molecular weight excluding hydrogens is 171 g/mol. The molecule has 0 aromatic carbocycles. The van der Waals surface area contributed by atoms with E-state index in [1.807, 2.05) is 0 Å². The Morgan fingerprint density at radius 3 is 1.92 bits per heavy atom. The van der Waals surface area contributed by atoms with Gasteiger partial charge in [-0.2, -0.15) is 0 Å². The number of halogens is 4. The molecule has 0 heterocycles. The Balaban J connectivity index is 1.95. The Morgan fingerprint density at radius 1 is 1.08 bits per heavy atom. The van der Waals surface area contributed by atoms with Crippen molar-refractivity contribution in [3.8, 4) is 0 Å². The van der Waals surface area contributed by atoms with Crippen LogP contribution in [0.2, 0.25) is 5.31 Å². The highest BCUT2D eigenvalue weighted by Crippen LogP contribution is 2.83. The minimum atomic E-state index is -4.67. The van der Waals surface area contributed by atoms with Gasteiger partial charge in [0, 0.05) is 0 Å². The van der Waals surface area contributed by atoms with Gasteiger partial charge in [0.05, 0.1) is 6.67 Å². The molecule has 0 aliphatic heterocycles. The van der Waals surface area contributed by atoms with E-state index < -0.39 is 19.0 Å². The quantitative estimate of drug-likeness (QED) is 0.463. The Labute approximate surface area is 68.4 Å². The van der Waals surface area contributed by atoms with Gasteiger partial charge in [-0.1, -0.05) is 24.6 Å². The summed E-state index contributed by atoms with van der Waals surface area (Å²) in [4.78, 5) is 0. The van der Waals surface area contributed by atoms with E-state index in [0.717, 1.165) is 0 Å². The molecular formula is C7H10BF4-. The third kappa shape index (κ3) is 0.797. The molecule has 3 aliphatic carbocycles. The fourth-order valence-corrected chi connectivity index (χ4v) is 2.90. The molecule has 5 heteroatoms. The van der Waals surface area contributed by atoms with Crippen LogP contribution in [0.5, 0.6) is 0 Å². The first kappa shape index (κ1) is 8.39. The first-order valence-electron chi connectivity index (χ1n) is 4.19.